The van der Waals surface area contributed by atoms with Crippen molar-refractivity contribution < 1.29 is 23.1 Å². The minimum absolute atomic E-state index is 0.00843. The lowest BCUT2D eigenvalue weighted by Gasteiger charge is -2.17. The van der Waals surface area contributed by atoms with Gasteiger partial charge in [0.15, 0.2) is 0 Å². The van der Waals surface area contributed by atoms with Crippen molar-refractivity contribution in [1.29, 1.82) is 0 Å². The Kier molecular flexibility index (Phi) is 4.32. The second-order valence-electron chi connectivity index (χ2n) is 4.68. The maximum atomic E-state index is 13.0. The number of rotatable bonds is 4. The highest BCUT2D eigenvalue weighted by atomic mass is 19.1. The summed E-state index contributed by atoms with van der Waals surface area (Å²) in [6.45, 7) is 2.06. The smallest absolute Gasteiger partial charge is 0.416 e. The Morgan fingerprint density at radius 2 is 2.00 bits per heavy atom. The fourth-order valence-electron chi connectivity index (χ4n) is 2.19. The SMILES string of the molecule is CCC1COC(=O)N1C(=O)CCc1cc(F)cc(F)c1. The molecule has 108 valence electrons. The Bertz CT molecular complexity index is 513. The van der Waals surface area contributed by atoms with Gasteiger partial charge in [0, 0.05) is 12.5 Å². The highest BCUT2D eigenvalue weighted by molar-refractivity contribution is 5.93. The lowest BCUT2D eigenvalue weighted by atomic mass is 10.1. The van der Waals surface area contributed by atoms with Crippen LogP contribution in [0.1, 0.15) is 25.3 Å². The first kappa shape index (κ1) is 14.4. The number of amides is 2. The van der Waals surface area contributed by atoms with E-state index in [0.717, 1.165) is 11.0 Å². The summed E-state index contributed by atoms with van der Waals surface area (Å²) in [6, 6.07) is 2.88. The van der Waals surface area contributed by atoms with E-state index in [9.17, 15) is 18.4 Å². The van der Waals surface area contributed by atoms with Gasteiger partial charge >= 0.3 is 6.09 Å². The summed E-state index contributed by atoms with van der Waals surface area (Å²) in [5.74, 6) is -1.75. The van der Waals surface area contributed by atoms with E-state index in [4.69, 9.17) is 4.74 Å². The molecule has 1 unspecified atom stereocenters. The predicted octanol–water partition coefficient (Wildman–Crippen LogP) is 2.65. The van der Waals surface area contributed by atoms with Crippen LogP contribution in [0.15, 0.2) is 18.2 Å². The number of carbonyl (C=O) groups excluding carboxylic acids is 2. The molecule has 4 nitrogen and oxygen atoms in total. The number of hydrogen-bond acceptors (Lipinski definition) is 3. The summed E-state index contributed by atoms with van der Waals surface area (Å²) >= 11 is 0. The molecule has 2 rings (SSSR count). The highest BCUT2D eigenvalue weighted by Crippen LogP contribution is 2.18. The molecular weight excluding hydrogens is 268 g/mol. The molecule has 1 aliphatic heterocycles. The lowest BCUT2D eigenvalue weighted by molar-refractivity contribution is -0.129. The van der Waals surface area contributed by atoms with Gasteiger partial charge in [-0.05, 0) is 30.5 Å². The van der Waals surface area contributed by atoms with Gasteiger partial charge < -0.3 is 4.74 Å². The molecule has 1 heterocycles. The molecular formula is C14H15F2NO3. The molecule has 20 heavy (non-hydrogen) atoms. The summed E-state index contributed by atoms with van der Waals surface area (Å²) in [5.41, 5.74) is 0.386. The zero-order valence-electron chi connectivity index (χ0n) is 11.1. The van der Waals surface area contributed by atoms with Gasteiger partial charge in [0.25, 0.3) is 0 Å². The van der Waals surface area contributed by atoms with Crippen molar-refractivity contribution in [3.63, 3.8) is 0 Å². The van der Waals surface area contributed by atoms with E-state index >= 15 is 0 Å². The van der Waals surface area contributed by atoms with E-state index in [-0.39, 0.29) is 31.4 Å². The Labute approximate surface area is 115 Å². The van der Waals surface area contributed by atoms with Crippen molar-refractivity contribution in [2.75, 3.05) is 6.61 Å². The molecule has 1 atom stereocenters. The maximum Gasteiger partial charge on any atom is 0.416 e. The third-order valence-electron chi connectivity index (χ3n) is 3.25. The number of ether oxygens (including phenoxy) is 1. The van der Waals surface area contributed by atoms with Gasteiger partial charge in [-0.25, -0.2) is 18.5 Å². The Balaban J connectivity index is 1.99. The molecule has 0 aromatic heterocycles. The minimum atomic E-state index is -0.681. The van der Waals surface area contributed by atoms with Gasteiger partial charge in [-0.15, -0.1) is 0 Å². The molecule has 0 spiro atoms. The highest BCUT2D eigenvalue weighted by Gasteiger charge is 2.36. The zero-order valence-corrected chi connectivity index (χ0v) is 11.1. The molecule has 1 aromatic carbocycles. The predicted molar refractivity (Wildman–Crippen MR) is 67.0 cm³/mol. The second-order valence-corrected chi connectivity index (χ2v) is 4.68. The number of benzene rings is 1. The van der Waals surface area contributed by atoms with Gasteiger partial charge in [0.2, 0.25) is 5.91 Å². The van der Waals surface area contributed by atoms with Crippen LogP contribution >= 0.6 is 0 Å². The van der Waals surface area contributed by atoms with E-state index in [1.54, 1.807) is 0 Å². The summed E-state index contributed by atoms with van der Waals surface area (Å²) in [5, 5.41) is 0. The van der Waals surface area contributed by atoms with Crippen LogP contribution in [-0.4, -0.2) is 29.5 Å². The molecule has 1 aliphatic rings. The third-order valence-corrected chi connectivity index (χ3v) is 3.25. The Morgan fingerprint density at radius 3 is 2.60 bits per heavy atom. The number of carbonyl (C=O) groups is 2. The molecule has 6 heteroatoms. The normalized spacial score (nSPS) is 18.2. The second kappa shape index (κ2) is 5.98. The van der Waals surface area contributed by atoms with Crippen LogP contribution in [-0.2, 0) is 16.0 Å². The molecule has 0 aliphatic carbocycles. The van der Waals surface area contributed by atoms with E-state index in [2.05, 4.69) is 0 Å². The first-order chi connectivity index (χ1) is 9.51. The average Bonchev–Trinajstić information content (AvgIpc) is 2.76. The average molecular weight is 283 g/mol. The maximum absolute atomic E-state index is 13.0. The number of aryl methyl sites for hydroxylation is 1. The van der Waals surface area contributed by atoms with E-state index < -0.39 is 17.7 Å². The van der Waals surface area contributed by atoms with Gasteiger partial charge in [-0.1, -0.05) is 6.92 Å². The quantitative estimate of drug-likeness (QED) is 0.853. The first-order valence-corrected chi connectivity index (χ1v) is 6.45. The largest absolute Gasteiger partial charge is 0.447 e. The van der Waals surface area contributed by atoms with Crippen molar-refractivity contribution in [1.82, 2.24) is 4.90 Å². The van der Waals surface area contributed by atoms with Crippen molar-refractivity contribution >= 4 is 12.0 Å². The summed E-state index contributed by atoms with van der Waals surface area (Å²) in [6.07, 6.45) is 0.154. The summed E-state index contributed by atoms with van der Waals surface area (Å²) in [7, 11) is 0. The van der Waals surface area contributed by atoms with Crippen LogP contribution in [0.4, 0.5) is 13.6 Å². The number of nitrogens with zero attached hydrogens (tertiary/aromatic N) is 1. The summed E-state index contributed by atoms with van der Waals surface area (Å²) in [4.78, 5) is 24.6. The summed E-state index contributed by atoms with van der Waals surface area (Å²) < 4.78 is 30.9. The Morgan fingerprint density at radius 1 is 1.35 bits per heavy atom. The molecule has 0 N–H and O–H groups in total. The number of halogens is 2. The van der Waals surface area contributed by atoms with Crippen LogP contribution in [0.25, 0.3) is 0 Å². The van der Waals surface area contributed by atoms with Gasteiger partial charge in [-0.3, -0.25) is 4.79 Å². The van der Waals surface area contributed by atoms with Crippen LogP contribution in [0.5, 0.6) is 0 Å². The standard InChI is InChI=1S/C14H15F2NO3/c1-2-12-8-20-14(19)17(12)13(18)4-3-9-5-10(15)7-11(16)6-9/h5-7,12H,2-4,8H2,1H3. The monoisotopic (exact) mass is 283 g/mol. The van der Waals surface area contributed by atoms with E-state index in [1.807, 2.05) is 6.92 Å². The zero-order chi connectivity index (χ0) is 14.7. The fraction of sp³-hybridized carbons (Fsp3) is 0.429. The van der Waals surface area contributed by atoms with Crippen LogP contribution < -0.4 is 0 Å². The molecule has 0 bridgehead atoms. The molecule has 0 radical (unpaired) electrons. The molecule has 0 saturated carbocycles. The van der Waals surface area contributed by atoms with Crippen LogP contribution in [0, 0.1) is 11.6 Å². The topological polar surface area (TPSA) is 46.6 Å². The van der Waals surface area contributed by atoms with Gasteiger partial charge in [0.1, 0.15) is 18.2 Å². The van der Waals surface area contributed by atoms with E-state index in [1.165, 1.54) is 12.1 Å². The van der Waals surface area contributed by atoms with Crippen molar-refractivity contribution in [3.8, 4) is 0 Å². The van der Waals surface area contributed by atoms with Gasteiger partial charge in [0.05, 0.1) is 6.04 Å². The number of cyclic esters (lactones) is 1. The van der Waals surface area contributed by atoms with E-state index in [0.29, 0.717) is 12.0 Å². The molecule has 1 aromatic rings. The van der Waals surface area contributed by atoms with Crippen LogP contribution in [0.2, 0.25) is 0 Å². The number of imide groups is 1. The molecule has 2 amide bonds. The van der Waals surface area contributed by atoms with Crippen LogP contribution in [0.3, 0.4) is 0 Å². The van der Waals surface area contributed by atoms with Crippen molar-refractivity contribution in [2.24, 2.45) is 0 Å². The lowest BCUT2D eigenvalue weighted by Crippen LogP contribution is -2.38. The van der Waals surface area contributed by atoms with Crippen molar-refractivity contribution in [3.05, 3.63) is 35.4 Å². The number of hydrogen-bond donors (Lipinski definition) is 0. The molecule has 1 saturated heterocycles. The van der Waals surface area contributed by atoms with Crippen molar-refractivity contribution in [2.45, 2.75) is 32.2 Å². The Hall–Kier alpha value is -1.98. The third kappa shape index (κ3) is 3.12. The van der Waals surface area contributed by atoms with Gasteiger partial charge in [-0.2, -0.15) is 0 Å². The first-order valence-electron chi connectivity index (χ1n) is 6.45. The fourth-order valence-corrected chi connectivity index (χ4v) is 2.19. The molecule has 1 fully saturated rings. The minimum Gasteiger partial charge on any atom is -0.447 e.